The van der Waals surface area contributed by atoms with Gasteiger partial charge >= 0.3 is 0 Å². The highest BCUT2D eigenvalue weighted by molar-refractivity contribution is 9.10. The van der Waals surface area contributed by atoms with E-state index in [0.29, 0.717) is 0 Å². The van der Waals surface area contributed by atoms with Crippen molar-refractivity contribution in [1.82, 2.24) is 9.38 Å². The molecule has 0 unspecified atom stereocenters. The molecule has 0 bridgehead atoms. The Labute approximate surface area is 98.5 Å². The van der Waals surface area contributed by atoms with Crippen LogP contribution >= 0.6 is 15.9 Å². The summed E-state index contributed by atoms with van der Waals surface area (Å²) in [5.41, 5.74) is 1.40. The average molecular weight is 267 g/mol. The number of fused-ring (bicyclic) bond motifs is 1. The molecular formula is C12H15BrN2. The van der Waals surface area contributed by atoms with Gasteiger partial charge in [0.2, 0.25) is 0 Å². The van der Waals surface area contributed by atoms with E-state index in [9.17, 15) is 0 Å². The number of nitrogens with zero attached hydrogens (tertiary/aromatic N) is 2. The van der Waals surface area contributed by atoms with Crippen molar-refractivity contribution in [1.29, 1.82) is 0 Å². The van der Waals surface area contributed by atoms with E-state index in [2.05, 4.69) is 52.3 Å². The fourth-order valence-corrected chi connectivity index (χ4v) is 2.09. The average Bonchev–Trinajstić information content (AvgIpc) is 2.48. The third-order valence-corrected chi connectivity index (χ3v) is 2.95. The molecule has 0 amide bonds. The second-order valence-corrected chi connectivity index (χ2v) is 5.88. The predicted octanol–water partition coefficient (Wildman–Crippen LogP) is 3.69. The number of hydrogen-bond acceptors (Lipinski definition) is 1. The van der Waals surface area contributed by atoms with Gasteiger partial charge in [0, 0.05) is 17.1 Å². The first-order valence-electron chi connectivity index (χ1n) is 5.08. The summed E-state index contributed by atoms with van der Waals surface area (Å²) in [5.74, 6) is 1.12. The van der Waals surface area contributed by atoms with E-state index in [1.165, 1.54) is 0 Å². The van der Waals surface area contributed by atoms with Gasteiger partial charge in [0.1, 0.15) is 5.82 Å². The standard InChI is InChI=1S/C12H15BrN2/c1-12(2,3)7-11-14-8-10-9(13)5-4-6-15(10)11/h4-6,8H,7H2,1-3H3. The molecule has 80 valence electrons. The van der Waals surface area contributed by atoms with Crippen molar-refractivity contribution in [2.24, 2.45) is 5.41 Å². The zero-order valence-corrected chi connectivity index (χ0v) is 10.9. The molecule has 0 aliphatic heterocycles. The van der Waals surface area contributed by atoms with Crippen molar-refractivity contribution in [2.75, 3.05) is 0 Å². The zero-order chi connectivity index (χ0) is 11.1. The summed E-state index contributed by atoms with van der Waals surface area (Å²) in [4.78, 5) is 4.47. The second-order valence-electron chi connectivity index (χ2n) is 5.02. The number of hydrogen-bond donors (Lipinski definition) is 0. The van der Waals surface area contributed by atoms with Crippen molar-refractivity contribution in [3.8, 4) is 0 Å². The summed E-state index contributed by atoms with van der Waals surface area (Å²) in [6, 6.07) is 4.07. The highest BCUT2D eigenvalue weighted by Gasteiger charge is 2.15. The van der Waals surface area contributed by atoms with E-state index in [1.54, 1.807) is 0 Å². The number of rotatable bonds is 1. The van der Waals surface area contributed by atoms with Crippen LogP contribution in [0.4, 0.5) is 0 Å². The Kier molecular flexibility index (Phi) is 2.59. The Hall–Kier alpha value is -0.830. The molecule has 15 heavy (non-hydrogen) atoms. The molecule has 2 heterocycles. The Balaban J connectivity index is 2.50. The largest absolute Gasteiger partial charge is 0.303 e. The molecule has 0 aromatic carbocycles. The van der Waals surface area contributed by atoms with Crippen LogP contribution in [0, 0.1) is 5.41 Å². The minimum Gasteiger partial charge on any atom is -0.303 e. The lowest BCUT2D eigenvalue weighted by Crippen LogP contribution is -2.11. The summed E-state index contributed by atoms with van der Waals surface area (Å²) < 4.78 is 3.24. The van der Waals surface area contributed by atoms with Gasteiger partial charge in [0.15, 0.2) is 0 Å². The first-order valence-corrected chi connectivity index (χ1v) is 5.87. The Morgan fingerprint density at radius 3 is 2.80 bits per heavy atom. The van der Waals surface area contributed by atoms with E-state index < -0.39 is 0 Å². The number of halogens is 1. The Bertz CT molecular complexity index is 480. The van der Waals surface area contributed by atoms with Gasteiger partial charge < -0.3 is 4.40 Å². The first kappa shape index (κ1) is 10.7. The topological polar surface area (TPSA) is 17.3 Å². The molecule has 2 aromatic heterocycles. The van der Waals surface area contributed by atoms with Crippen molar-refractivity contribution in [3.05, 3.63) is 34.8 Å². The molecular weight excluding hydrogens is 252 g/mol. The fraction of sp³-hybridized carbons (Fsp3) is 0.417. The van der Waals surface area contributed by atoms with E-state index in [4.69, 9.17) is 0 Å². The number of pyridine rings is 1. The first-order chi connectivity index (χ1) is 6.97. The lowest BCUT2D eigenvalue weighted by molar-refractivity contribution is 0.400. The minimum atomic E-state index is 0.267. The quantitative estimate of drug-likeness (QED) is 0.770. The molecule has 2 nitrogen and oxygen atoms in total. The molecule has 3 heteroatoms. The minimum absolute atomic E-state index is 0.267. The van der Waals surface area contributed by atoms with Crippen LogP contribution in [0.3, 0.4) is 0 Å². The maximum absolute atomic E-state index is 4.47. The summed E-state index contributed by atoms with van der Waals surface area (Å²) >= 11 is 3.53. The van der Waals surface area contributed by atoms with Crippen LogP contribution in [-0.4, -0.2) is 9.38 Å². The van der Waals surface area contributed by atoms with E-state index in [1.807, 2.05) is 18.3 Å². The molecule has 2 aromatic rings. The van der Waals surface area contributed by atoms with Gasteiger partial charge in [-0.2, -0.15) is 0 Å². The molecule has 0 saturated carbocycles. The molecule has 0 fully saturated rings. The normalized spacial score (nSPS) is 12.3. The Morgan fingerprint density at radius 2 is 2.13 bits per heavy atom. The lowest BCUT2D eigenvalue weighted by Gasteiger charge is -2.16. The van der Waals surface area contributed by atoms with Crippen molar-refractivity contribution in [3.63, 3.8) is 0 Å². The predicted molar refractivity (Wildman–Crippen MR) is 66.1 cm³/mol. The van der Waals surface area contributed by atoms with Crippen LogP contribution in [-0.2, 0) is 6.42 Å². The van der Waals surface area contributed by atoms with Crippen LogP contribution in [0.1, 0.15) is 26.6 Å². The highest BCUT2D eigenvalue weighted by Crippen LogP contribution is 2.23. The molecule has 0 aliphatic rings. The van der Waals surface area contributed by atoms with Crippen LogP contribution in [0.25, 0.3) is 5.52 Å². The summed E-state index contributed by atoms with van der Waals surface area (Å²) in [7, 11) is 0. The van der Waals surface area contributed by atoms with Gasteiger partial charge in [0.25, 0.3) is 0 Å². The van der Waals surface area contributed by atoms with E-state index in [-0.39, 0.29) is 5.41 Å². The van der Waals surface area contributed by atoms with E-state index >= 15 is 0 Å². The Morgan fingerprint density at radius 1 is 1.40 bits per heavy atom. The molecule has 0 spiro atoms. The van der Waals surface area contributed by atoms with Crippen LogP contribution in [0.15, 0.2) is 29.0 Å². The molecule has 0 atom stereocenters. The molecule has 0 aliphatic carbocycles. The maximum Gasteiger partial charge on any atom is 0.113 e. The number of aromatic nitrogens is 2. The monoisotopic (exact) mass is 266 g/mol. The third kappa shape index (κ3) is 2.23. The number of imidazole rings is 1. The molecule has 0 N–H and O–H groups in total. The van der Waals surface area contributed by atoms with Crippen molar-refractivity contribution >= 4 is 21.4 Å². The van der Waals surface area contributed by atoms with Crippen molar-refractivity contribution in [2.45, 2.75) is 27.2 Å². The van der Waals surface area contributed by atoms with Gasteiger partial charge in [0.05, 0.1) is 11.7 Å². The second kappa shape index (κ2) is 3.63. The third-order valence-electron chi connectivity index (χ3n) is 2.28. The van der Waals surface area contributed by atoms with Gasteiger partial charge in [-0.05, 0) is 33.5 Å². The van der Waals surface area contributed by atoms with Crippen LogP contribution in [0.2, 0.25) is 0 Å². The SMILES string of the molecule is CC(C)(C)Cc1ncc2c(Br)cccn12. The van der Waals surface area contributed by atoms with Gasteiger partial charge in [-0.25, -0.2) is 4.98 Å². The summed E-state index contributed by atoms with van der Waals surface area (Å²) in [5, 5.41) is 0. The summed E-state index contributed by atoms with van der Waals surface area (Å²) in [6.45, 7) is 6.68. The smallest absolute Gasteiger partial charge is 0.113 e. The van der Waals surface area contributed by atoms with Gasteiger partial charge in [-0.15, -0.1) is 0 Å². The van der Waals surface area contributed by atoms with Gasteiger partial charge in [-0.3, -0.25) is 0 Å². The maximum atomic E-state index is 4.47. The van der Waals surface area contributed by atoms with E-state index in [0.717, 1.165) is 22.2 Å². The van der Waals surface area contributed by atoms with Crippen LogP contribution in [0.5, 0.6) is 0 Å². The highest BCUT2D eigenvalue weighted by atomic mass is 79.9. The summed E-state index contributed by atoms with van der Waals surface area (Å²) in [6.07, 6.45) is 4.97. The van der Waals surface area contributed by atoms with Crippen LogP contribution < -0.4 is 0 Å². The lowest BCUT2D eigenvalue weighted by atomic mass is 9.92. The fourth-order valence-electron chi connectivity index (χ4n) is 1.65. The molecule has 2 rings (SSSR count). The molecule has 0 radical (unpaired) electrons. The zero-order valence-electron chi connectivity index (χ0n) is 9.29. The van der Waals surface area contributed by atoms with Gasteiger partial charge in [-0.1, -0.05) is 20.8 Å². The molecule has 0 saturated heterocycles. The van der Waals surface area contributed by atoms with Crippen molar-refractivity contribution < 1.29 is 0 Å².